The number of hydroxylamine groups is 1. The summed E-state index contributed by atoms with van der Waals surface area (Å²) in [5.41, 5.74) is 1.86. The van der Waals surface area contributed by atoms with Gasteiger partial charge in [0.05, 0.1) is 30.1 Å². The van der Waals surface area contributed by atoms with Gasteiger partial charge in [-0.3, -0.25) is 14.8 Å². The first-order valence-electron chi connectivity index (χ1n) is 10.1. The maximum Gasteiger partial charge on any atom is 0.264 e. The highest BCUT2D eigenvalue weighted by molar-refractivity contribution is 7.89. The maximum absolute atomic E-state index is 13.4. The standard InChI is InChI=1S/C20H23N3O8S2/c1-30-13-2-4-14(5-3-13)33(28,29)23-11-12-10-15(20(26)22-6-8-31-9-7-22)32-18(12)17(24)16(23)19(25)21-27/h2-5,10,16-17,24,27H,6-9,11H2,1H3,(H,21,25)/t16-,17-/m1/s1. The first-order chi connectivity index (χ1) is 15.8. The summed E-state index contributed by atoms with van der Waals surface area (Å²) < 4.78 is 37.9. The summed E-state index contributed by atoms with van der Waals surface area (Å²) in [4.78, 5) is 27.5. The molecule has 3 N–H and O–H groups in total. The second-order valence-corrected chi connectivity index (χ2v) is 10.5. The lowest BCUT2D eigenvalue weighted by Crippen LogP contribution is -2.53. The number of aliphatic hydroxyl groups is 1. The molecule has 178 valence electrons. The van der Waals surface area contributed by atoms with Crippen LogP contribution >= 0.6 is 11.3 Å². The van der Waals surface area contributed by atoms with Crippen LogP contribution < -0.4 is 10.2 Å². The first kappa shape index (κ1) is 23.6. The number of fused-ring (bicyclic) bond motifs is 1. The van der Waals surface area contributed by atoms with E-state index in [1.165, 1.54) is 36.9 Å². The average Bonchev–Trinajstić information content (AvgIpc) is 3.28. The molecule has 4 rings (SSSR count). The number of aliphatic hydroxyl groups excluding tert-OH is 1. The van der Waals surface area contributed by atoms with Crippen molar-refractivity contribution in [3.05, 3.63) is 45.6 Å². The molecule has 1 aromatic carbocycles. The number of amides is 2. The van der Waals surface area contributed by atoms with Crippen LogP contribution in [0.5, 0.6) is 5.75 Å². The van der Waals surface area contributed by atoms with Crippen LogP contribution in [-0.2, 0) is 26.1 Å². The zero-order chi connectivity index (χ0) is 23.8. The molecule has 0 aliphatic carbocycles. The average molecular weight is 498 g/mol. The van der Waals surface area contributed by atoms with E-state index >= 15 is 0 Å². The minimum atomic E-state index is -4.26. The highest BCUT2D eigenvalue weighted by Gasteiger charge is 2.46. The summed E-state index contributed by atoms with van der Waals surface area (Å²) in [6.07, 6.45) is -1.58. The Hall–Kier alpha value is -2.55. The molecule has 0 saturated carbocycles. The van der Waals surface area contributed by atoms with Crippen molar-refractivity contribution in [1.82, 2.24) is 14.7 Å². The Kier molecular flexibility index (Phi) is 6.70. The Morgan fingerprint density at radius 1 is 1.21 bits per heavy atom. The lowest BCUT2D eigenvalue weighted by atomic mass is 10.0. The fourth-order valence-corrected chi connectivity index (χ4v) is 6.60. The lowest BCUT2D eigenvalue weighted by molar-refractivity contribution is -0.137. The van der Waals surface area contributed by atoms with Gasteiger partial charge in [-0.05, 0) is 35.9 Å². The third-order valence-electron chi connectivity index (χ3n) is 5.60. The number of rotatable bonds is 5. The highest BCUT2D eigenvalue weighted by Crippen LogP contribution is 2.40. The van der Waals surface area contributed by atoms with Gasteiger partial charge in [0.25, 0.3) is 11.8 Å². The Balaban J connectivity index is 1.71. The molecule has 33 heavy (non-hydrogen) atoms. The quantitative estimate of drug-likeness (QED) is 0.396. The Bertz CT molecular complexity index is 1140. The van der Waals surface area contributed by atoms with Crippen molar-refractivity contribution in [2.45, 2.75) is 23.6 Å². The normalized spacial score (nSPS) is 21.4. The van der Waals surface area contributed by atoms with Gasteiger partial charge in [0.1, 0.15) is 17.9 Å². The van der Waals surface area contributed by atoms with Gasteiger partial charge in [-0.1, -0.05) is 0 Å². The van der Waals surface area contributed by atoms with Crippen LogP contribution in [0, 0.1) is 0 Å². The number of sulfonamides is 1. The number of carbonyl (C=O) groups excluding carboxylic acids is 2. The molecule has 2 amide bonds. The molecule has 3 heterocycles. The number of nitrogens with one attached hydrogen (secondary N) is 1. The summed E-state index contributed by atoms with van der Waals surface area (Å²) >= 11 is 1.01. The van der Waals surface area contributed by atoms with E-state index in [2.05, 4.69) is 0 Å². The Labute approximate surface area is 194 Å². The molecular weight excluding hydrogens is 474 g/mol. The summed E-state index contributed by atoms with van der Waals surface area (Å²) in [6, 6.07) is 5.49. The molecule has 0 spiro atoms. The molecule has 2 aliphatic rings. The zero-order valence-corrected chi connectivity index (χ0v) is 19.3. The van der Waals surface area contributed by atoms with E-state index in [-0.39, 0.29) is 17.3 Å². The smallest absolute Gasteiger partial charge is 0.264 e. The number of morpholine rings is 1. The van der Waals surface area contributed by atoms with Crippen molar-refractivity contribution in [3.8, 4) is 5.75 Å². The number of hydrogen-bond acceptors (Lipinski definition) is 9. The van der Waals surface area contributed by atoms with E-state index in [0.717, 1.165) is 15.6 Å². The summed E-state index contributed by atoms with van der Waals surface area (Å²) in [5, 5.41) is 20.2. The Morgan fingerprint density at radius 3 is 2.48 bits per heavy atom. The SMILES string of the molecule is COc1ccc(S(=O)(=O)N2Cc3cc(C(=O)N4CCOCC4)sc3[C@H](O)[C@@H]2C(=O)NO)cc1. The number of methoxy groups -OCH3 is 1. The Morgan fingerprint density at radius 2 is 1.88 bits per heavy atom. The molecule has 0 unspecified atom stereocenters. The van der Waals surface area contributed by atoms with Crippen LogP contribution in [0.2, 0.25) is 0 Å². The summed E-state index contributed by atoms with van der Waals surface area (Å²) in [5.74, 6) is -0.888. The highest BCUT2D eigenvalue weighted by atomic mass is 32.2. The van der Waals surface area contributed by atoms with Crippen LogP contribution in [0.15, 0.2) is 35.2 Å². The fraction of sp³-hybridized carbons (Fsp3) is 0.400. The summed E-state index contributed by atoms with van der Waals surface area (Å²) in [7, 11) is -2.82. The van der Waals surface area contributed by atoms with E-state index in [0.29, 0.717) is 47.4 Å². The number of carbonyl (C=O) groups is 2. The minimum Gasteiger partial charge on any atom is -0.497 e. The van der Waals surface area contributed by atoms with Gasteiger partial charge in [0.15, 0.2) is 0 Å². The number of hydrogen-bond donors (Lipinski definition) is 3. The van der Waals surface area contributed by atoms with Gasteiger partial charge in [-0.15, -0.1) is 11.3 Å². The second-order valence-electron chi connectivity index (χ2n) is 7.50. The van der Waals surface area contributed by atoms with Crippen LogP contribution in [0.1, 0.15) is 26.2 Å². The first-order valence-corrected chi connectivity index (χ1v) is 12.3. The number of nitrogens with zero attached hydrogens (tertiary/aromatic N) is 2. The van der Waals surface area contributed by atoms with Gasteiger partial charge in [-0.2, -0.15) is 4.31 Å². The topological polar surface area (TPSA) is 146 Å². The van der Waals surface area contributed by atoms with Crippen molar-refractivity contribution in [3.63, 3.8) is 0 Å². The van der Waals surface area contributed by atoms with Crippen LogP contribution in [0.3, 0.4) is 0 Å². The van der Waals surface area contributed by atoms with Crippen molar-refractivity contribution in [2.24, 2.45) is 0 Å². The fourth-order valence-electron chi connectivity index (χ4n) is 3.87. The largest absolute Gasteiger partial charge is 0.497 e. The van der Waals surface area contributed by atoms with Gasteiger partial charge < -0.3 is 19.5 Å². The van der Waals surface area contributed by atoms with Crippen molar-refractivity contribution >= 4 is 33.2 Å². The number of benzene rings is 1. The second kappa shape index (κ2) is 9.37. The lowest BCUT2D eigenvalue weighted by Gasteiger charge is -2.36. The van der Waals surface area contributed by atoms with E-state index in [1.54, 1.807) is 11.0 Å². The van der Waals surface area contributed by atoms with Crippen molar-refractivity contribution < 1.29 is 37.8 Å². The zero-order valence-electron chi connectivity index (χ0n) is 17.6. The molecule has 2 aliphatic heterocycles. The minimum absolute atomic E-state index is 0.116. The molecule has 0 radical (unpaired) electrons. The van der Waals surface area contributed by atoms with Crippen LogP contribution in [0.25, 0.3) is 0 Å². The molecular formula is C20H23N3O8S2. The molecule has 1 saturated heterocycles. The molecule has 11 nitrogen and oxygen atoms in total. The van der Waals surface area contributed by atoms with E-state index in [4.69, 9.17) is 9.47 Å². The number of ether oxygens (including phenoxy) is 2. The van der Waals surface area contributed by atoms with E-state index in [9.17, 15) is 28.3 Å². The summed E-state index contributed by atoms with van der Waals surface area (Å²) in [6.45, 7) is 1.44. The predicted molar refractivity (Wildman–Crippen MR) is 115 cm³/mol. The number of thiophene rings is 1. The molecule has 13 heteroatoms. The molecule has 0 bridgehead atoms. The van der Waals surface area contributed by atoms with Crippen molar-refractivity contribution in [1.29, 1.82) is 0 Å². The van der Waals surface area contributed by atoms with E-state index in [1.807, 2.05) is 0 Å². The van der Waals surface area contributed by atoms with Gasteiger partial charge in [0, 0.05) is 24.5 Å². The molecule has 1 fully saturated rings. The van der Waals surface area contributed by atoms with E-state index < -0.39 is 28.1 Å². The van der Waals surface area contributed by atoms with Crippen molar-refractivity contribution in [2.75, 3.05) is 33.4 Å². The van der Waals surface area contributed by atoms with Gasteiger partial charge in [-0.25, -0.2) is 13.9 Å². The predicted octanol–water partition coefficient (Wildman–Crippen LogP) is 0.341. The maximum atomic E-state index is 13.4. The van der Waals surface area contributed by atoms with Crippen LogP contribution in [0.4, 0.5) is 0 Å². The third kappa shape index (κ3) is 4.35. The van der Waals surface area contributed by atoms with Crippen LogP contribution in [-0.4, -0.2) is 79.2 Å². The molecule has 2 atom stereocenters. The molecule has 1 aromatic heterocycles. The molecule has 2 aromatic rings. The van der Waals surface area contributed by atoms with Gasteiger partial charge in [0.2, 0.25) is 10.0 Å². The van der Waals surface area contributed by atoms with Gasteiger partial charge >= 0.3 is 0 Å². The third-order valence-corrected chi connectivity index (χ3v) is 8.68. The monoisotopic (exact) mass is 497 g/mol.